The molecule has 8 nitrogen and oxygen atoms in total. The molecule has 0 radical (unpaired) electrons. The van der Waals surface area contributed by atoms with E-state index in [9.17, 15) is 19.5 Å². The molecule has 3 aromatic carbocycles. The highest BCUT2D eigenvalue weighted by atomic mass is 35.5. The summed E-state index contributed by atoms with van der Waals surface area (Å²) in [4.78, 5) is 37.6. The number of rotatable bonds is 13. The van der Waals surface area contributed by atoms with Gasteiger partial charge in [-0.2, -0.15) is 0 Å². The number of nitrogens with one attached hydrogen (secondary N) is 2. The van der Waals surface area contributed by atoms with Crippen molar-refractivity contribution < 1.29 is 24.2 Å². The van der Waals surface area contributed by atoms with Crippen molar-refractivity contribution >= 4 is 35.9 Å². The Labute approximate surface area is 235 Å². The van der Waals surface area contributed by atoms with Gasteiger partial charge in [0.25, 0.3) is 5.91 Å². The van der Waals surface area contributed by atoms with Crippen molar-refractivity contribution in [2.45, 2.75) is 51.8 Å². The molecular weight excluding hydrogens is 518 g/mol. The first-order chi connectivity index (χ1) is 18.3. The number of carbonyl (C=O) groups is 3. The third-order valence-electron chi connectivity index (χ3n) is 6.47. The summed E-state index contributed by atoms with van der Waals surface area (Å²) in [6, 6.07) is 21.8. The average molecular weight is 554 g/mol. The summed E-state index contributed by atoms with van der Waals surface area (Å²) < 4.78 is 5.99. The minimum absolute atomic E-state index is 0. The fourth-order valence-electron chi connectivity index (χ4n) is 3.80. The second kappa shape index (κ2) is 15.5. The van der Waals surface area contributed by atoms with Crippen LogP contribution in [0.5, 0.6) is 5.75 Å². The van der Waals surface area contributed by atoms with E-state index < -0.39 is 24.0 Å². The molecule has 0 aromatic heterocycles. The van der Waals surface area contributed by atoms with Crippen molar-refractivity contribution in [1.82, 2.24) is 5.32 Å². The van der Waals surface area contributed by atoms with Crippen LogP contribution in [0.3, 0.4) is 0 Å². The summed E-state index contributed by atoms with van der Waals surface area (Å²) in [5.41, 5.74) is 8.57. The molecule has 39 heavy (non-hydrogen) atoms. The van der Waals surface area contributed by atoms with Gasteiger partial charge in [-0.1, -0.05) is 80.9 Å². The number of hydrogen-bond acceptors (Lipinski definition) is 5. The largest absolute Gasteiger partial charge is 0.487 e. The molecule has 0 unspecified atom stereocenters. The zero-order chi connectivity index (χ0) is 27.5. The smallest absolute Gasteiger partial charge is 0.326 e. The predicted molar refractivity (Wildman–Crippen MR) is 154 cm³/mol. The molecular formula is C30H36ClN3O5. The van der Waals surface area contributed by atoms with Crippen LogP contribution in [0.25, 0.3) is 0 Å². The van der Waals surface area contributed by atoms with Crippen molar-refractivity contribution in [3.8, 4) is 5.75 Å². The Morgan fingerprint density at radius 1 is 0.949 bits per heavy atom. The van der Waals surface area contributed by atoms with E-state index in [0.717, 1.165) is 17.5 Å². The number of benzene rings is 3. The number of aryl methyl sites for hydroxylation is 1. The van der Waals surface area contributed by atoms with Crippen LogP contribution in [0, 0.1) is 5.92 Å². The van der Waals surface area contributed by atoms with Gasteiger partial charge >= 0.3 is 5.97 Å². The Bertz CT molecular complexity index is 1220. The van der Waals surface area contributed by atoms with Gasteiger partial charge in [-0.3, -0.25) is 9.59 Å². The summed E-state index contributed by atoms with van der Waals surface area (Å²) in [7, 11) is 0. The van der Waals surface area contributed by atoms with Gasteiger partial charge in [0.15, 0.2) is 0 Å². The highest BCUT2D eigenvalue weighted by molar-refractivity contribution is 6.00. The number of anilines is 1. The Morgan fingerprint density at radius 2 is 1.56 bits per heavy atom. The van der Waals surface area contributed by atoms with Crippen LogP contribution < -0.4 is 21.1 Å². The van der Waals surface area contributed by atoms with Gasteiger partial charge in [0.05, 0.1) is 11.7 Å². The minimum atomic E-state index is -1.11. The van der Waals surface area contributed by atoms with E-state index >= 15 is 0 Å². The van der Waals surface area contributed by atoms with Gasteiger partial charge in [-0.25, -0.2) is 4.79 Å². The van der Waals surface area contributed by atoms with Gasteiger partial charge < -0.3 is 26.2 Å². The standard InChI is InChI=1S/C30H35N3O5.ClH/c1-3-20(2)27(31)29(35)32-24-17-15-23(18-26(24)38-19-22-12-8-5-9-13-22)28(34)33-25(30(36)37)16-14-21-10-6-4-7-11-21;/h4-13,15,17-18,20,25,27H,3,14,16,19,31H2,1-2H3,(H,32,35)(H,33,34)(H,36,37);1H/t20-,25-,27-;/m0./s1. The second-order valence-electron chi connectivity index (χ2n) is 9.27. The molecule has 0 heterocycles. The first-order valence-corrected chi connectivity index (χ1v) is 12.7. The molecule has 0 saturated carbocycles. The normalized spacial score (nSPS) is 12.8. The summed E-state index contributed by atoms with van der Waals surface area (Å²) in [6.07, 6.45) is 1.50. The molecule has 0 aliphatic heterocycles. The van der Waals surface area contributed by atoms with Crippen molar-refractivity contribution in [1.29, 1.82) is 0 Å². The fourth-order valence-corrected chi connectivity index (χ4v) is 3.80. The molecule has 9 heteroatoms. The summed E-state index contributed by atoms with van der Waals surface area (Å²) in [6.45, 7) is 4.08. The third-order valence-corrected chi connectivity index (χ3v) is 6.47. The Morgan fingerprint density at radius 3 is 2.15 bits per heavy atom. The molecule has 3 aromatic rings. The van der Waals surface area contributed by atoms with Crippen LogP contribution in [0.4, 0.5) is 5.69 Å². The molecule has 3 atom stereocenters. The van der Waals surface area contributed by atoms with E-state index in [-0.39, 0.29) is 48.6 Å². The van der Waals surface area contributed by atoms with Crippen LogP contribution in [-0.4, -0.2) is 35.0 Å². The quantitative estimate of drug-likeness (QED) is 0.240. The number of nitrogens with two attached hydrogens (primary N) is 1. The van der Waals surface area contributed by atoms with Gasteiger partial charge in [0, 0.05) is 5.56 Å². The van der Waals surface area contributed by atoms with E-state index in [1.807, 2.05) is 74.5 Å². The second-order valence-corrected chi connectivity index (χ2v) is 9.27. The van der Waals surface area contributed by atoms with E-state index in [0.29, 0.717) is 12.1 Å². The van der Waals surface area contributed by atoms with Crippen molar-refractivity contribution in [2.24, 2.45) is 11.7 Å². The van der Waals surface area contributed by atoms with Crippen molar-refractivity contribution in [3.05, 3.63) is 95.6 Å². The lowest BCUT2D eigenvalue weighted by Crippen LogP contribution is -2.41. The molecule has 0 spiro atoms. The first kappa shape index (κ1) is 31.3. The lowest BCUT2D eigenvalue weighted by atomic mass is 9.99. The average Bonchev–Trinajstić information content (AvgIpc) is 2.94. The SMILES string of the molecule is CC[C@H](C)[C@H](N)C(=O)Nc1ccc(C(=O)N[C@@H](CCc2ccccc2)C(=O)O)cc1OCc1ccccc1.Cl. The molecule has 0 fully saturated rings. The Kier molecular flexibility index (Phi) is 12.5. The van der Waals surface area contributed by atoms with Crippen LogP contribution in [0.15, 0.2) is 78.9 Å². The maximum Gasteiger partial charge on any atom is 0.326 e. The number of amides is 2. The molecule has 0 saturated heterocycles. The van der Waals surface area contributed by atoms with Gasteiger partial charge in [0.2, 0.25) is 5.91 Å². The third kappa shape index (κ3) is 9.42. The summed E-state index contributed by atoms with van der Waals surface area (Å²) in [5, 5.41) is 15.1. The molecule has 0 aliphatic rings. The zero-order valence-corrected chi connectivity index (χ0v) is 22.9. The number of hydrogen-bond donors (Lipinski definition) is 4. The molecule has 0 bridgehead atoms. The highest BCUT2D eigenvalue weighted by Gasteiger charge is 2.23. The molecule has 5 N–H and O–H groups in total. The van der Waals surface area contributed by atoms with Crippen LogP contribution in [0.1, 0.15) is 48.2 Å². The molecule has 208 valence electrons. The van der Waals surface area contributed by atoms with Crippen LogP contribution >= 0.6 is 12.4 Å². The van der Waals surface area contributed by atoms with Crippen LogP contribution in [0.2, 0.25) is 0 Å². The topological polar surface area (TPSA) is 131 Å². The highest BCUT2D eigenvalue weighted by Crippen LogP contribution is 2.28. The molecule has 2 amide bonds. The van der Waals surface area contributed by atoms with Crippen molar-refractivity contribution in [3.63, 3.8) is 0 Å². The van der Waals surface area contributed by atoms with E-state index in [2.05, 4.69) is 10.6 Å². The van der Waals surface area contributed by atoms with Crippen LogP contribution in [-0.2, 0) is 22.6 Å². The summed E-state index contributed by atoms with van der Waals surface area (Å²) >= 11 is 0. The maximum atomic E-state index is 13.0. The van der Waals surface area contributed by atoms with Gasteiger partial charge in [0.1, 0.15) is 18.4 Å². The lowest BCUT2D eigenvalue weighted by molar-refractivity contribution is -0.139. The summed E-state index contributed by atoms with van der Waals surface area (Å²) in [5.74, 6) is -1.75. The van der Waals surface area contributed by atoms with Gasteiger partial charge in [-0.15, -0.1) is 12.4 Å². The zero-order valence-electron chi connectivity index (χ0n) is 22.1. The number of carbonyl (C=O) groups excluding carboxylic acids is 2. The van der Waals surface area contributed by atoms with E-state index in [4.69, 9.17) is 10.5 Å². The van der Waals surface area contributed by atoms with E-state index in [1.54, 1.807) is 6.07 Å². The predicted octanol–water partition coefficient (Wildman–Crippen LogP) is 4.82. The molecule has 3 rings (SSSR count). The number of carboxylic acid groups (broad SMARTS) is 1. The first-order valence-electron chi connectivity index (χ1n) is 12.7. The number of halogens is 1. The number of carboxylic acids is 1. The maximum absolute atomic E-state index is 13.0. The number of ether oxygens (including phenoxy) is 1. The van der Waals surface area contributed by atoms with Crippen molar-refractivity contribution in [2.75, 3.05) is 5.32 Å². The Hall–Kier alpha value is -3.88. The fraction of sp³-hybridized carbons (Fsp3) is 0.300. The minimum Gasteiger partial charge on any atom is -0.487 e. The number of aliphatic carboxylic acids is 1. The lowest BCUT2D eigenvalue weighted by Gasteiger charge is -2.20. The monoisotopic (exact) mass is 553 g/mol. The molecule has 0 aliphatic carbocycles. The Balaban J connectivity index is 0.00000533. The van der Waals surface area contributed by atoms with E-state index in [1.165, 1.54) is 12.1 Å². The van der Waals surface area contributed by atoms with Gasteiger partial charge in [-0.05, 0) is 48.1 Å².